The monoisotopic (exact) mass is 350 g/mol. The number of rotatable bonds is 4. The molecule has 0 heterocycles. The fraction of sp³-hybridized carbons (Fsp3) is 0.700. The molecule has 140 valence electrons. The van der Waals surface area contributed by atoms with Crippen molar-refractivity contribution >= 4 is 11.9 Å². The van der Waals surface area contributed by atoms with Crippen LogP contribution >= 0.6 is 0 Å². The van der Waals surface area contributed by atoms with Crippen molar-refractivity contribution in [1.29, 1.82) is 0 Å². The van der Waals surface area contributed by atoms with Gasteiger partial charge in [0.1, 0.15) is 6.10 Å². The van der Waals surface area contributed by atoms with Crippen LogP contribution in [0.2, 0.25) is 0 Å². The Labute approximate surface area is 149 Å². The fourth-order valence-corrected chi connectivity index (χ4v) is 4.84. The second-order valence-corrected chi connectivity index (χ2v) is 8.16. The van der Waals surface area contributed by atoms with Gasteiger partial charge in [-0.25, -0.2) is 9.59 Å². The van der Waals surface area contributed by atoms with Gasteiger partial charge in [-0.2, -0.15) is 0 Å². The maximum atomic E-state index is 12.4. The van der Waals surface area contributed by atoms with Gasteiger partial charge in [-0.3, -0.25) is 0 Å². The Bertz CT molecular complexity index is 603. The first-order valence-corrected chi connectivity index (χ1v) is 9.02. The number of carbonyl (C=O) groups excluding carboxylic acids is 1. The lowest BCUT2D eigenvalue weighted by Crippen LogP contribution is -2.59. The molecule has 5 unspecified atom stereocenters. The summed E-state index contributed by atoms with van der Waals surface area (Å²) in [5.74, 6) is -2.32. The third kappa shape index (κ3) is 3.66. The maximum Gasteiger partial charge on any atom is 0.333 e. The first-order valence-electron chi connectivity index (χ1n) is 9.02. The molecule has 0 aliphatic heterocycles. The zero-order valence-electron chi connectivity index (χ0n) is 15.7. The van der Waals surface area contributed by atoms with Crippen molar-refractivity contribution in [3.8, 4) is 0 Å². The quantitative estimate of drug-likeness (QED) is 0.599. The Morgan fingerprint density at radius 3 is 2.44 bits per heavy atom. The molecule has 0 bridgehead atoms. The summed E-state index contributed by atoms with van der Waals surface area (Å²) in [4.78, 5) is 23.9. The first-order chi connectivity index (χ1) is 11.5. The maximum absolute atomic E-state index is 12.4. The van der Waals surface area contributed by atoms with Crippen molar-refractivity contribution in [2.75, 3.05) is 0 Å². The average Bonchev–Trinajstić information content (AvgIpc) is 2.52. The van der Waals surface area contributed by atoms with Gasteiger partial charge < -0.3 is 14.9 Å². The Morgan fingerprint density at radius 2 is 1.88 bits per heavy atom. The zero-order chi connectivity index (χ0) is 19.0. The van der Waals surface area contributed by atoms with Crippen molar-refractivity contribution in [1.82, 2.24) is 0 Å². The van der Waals surface area contributed by atoms with Crippen molar-refractivity contribution in [3.63, 3.8) is 0 Å². The van der Waals surface area contributed by atoms with Gasteiger partial charge in [-0.05, 0) is 51.9 Å². The molecule has 5 heteroatoms. The second-order valence-electron chi connectivity index (χ2n) is 8.16. The van der Waals surface area contributed by atoms with E-state index in [2.05, 4.69) is 13.5 Å². The number of hydrogen-bond acceptors (Lipinski definition) is 4. The van der Waals surface area contributed by atoms with Crippen LogP contribution in [-0.4, -0.2) is 33.9 Å². The molecule has 5 atom stereocenters. The van der Waals surface area contributed by atoms with E-state index >= 15 is 0 Å². The molecular weight excluding hydrogens is 320 g/mol. The van der Waals surface area contributed by atoms with E-state index in [1.165, 1.54) is 0 Å². The molecule has 0 spiro atoms. The lowest BCUT2D eigenvalue weighted by Gasteiger charge is -2.57. The number of esters is 1. The van der Waals surface area contributed by atoms with Crippen LogP contribution in [0.3, 0.4) is 0 Å². The van der Waals surface area contributed by atoms with Crippen LogP contribution in [0.1, 0.15) is 59.8 Å². The highest BCUT2D eigenvalue weighted by atomic mass is 16.5. The molecule has 0 radical (unpaired) electrons. The molecule has 25 heavy (non-hydrogen) atoms. The number of aliphatic hydroxyl groups is 1. The molecule has 0 aromatic rings. The molecule has 2 N–H and O–H groups in total. The summed E-state index contributed by atoms with van der Waals surface area (Å²) >= 11 is 0. The standard InChI is InChI=1S/C20H30O5/c1-6-12(2)18(23)25-15-14(13(3)17(21)22)8-11-19(4)9-7-10-20(5,24)16(15)19/h6,14-16,24H,3,7-11H2,1-2,4-5H3,(H,21,22). The van der Waals surface area contributed by atoms with E-state index in [0.29, 0.717) is 18.4 Å². The third-order valence-corrected chi connectivity index (χ3v) is 6.32. The van der Waals surface area contributed by atoms with E-state index in [0.717, 1.165) is 19.3 Å². The highest BCUT2D eigenvalue weighted by Gasteiger charge is 2.58. The van der Waals surface area contributed by atoms with Crippen LogP contribution in [0.15, 0.2) is 23.8 Å². The number of carbonyl (C=O) groups is 2. The number of carboxylic acid groups (broad SMARTS) is 1. The summed E-state index contributed by atoms with van der Waals surface area (Å²) in [6, 6.07) is 0. The van der Waals surface area contributed by atoms with Gasteiger partial charge in [0.2, 0.25) is 0 Å². The molecule has 0 aromatic heterocycles. The minimum Gasteiger partial charge on any atom is -0.478 e. The SMILES string of the molecule is C=C(C(=O)O)C1CCC2(C)CCCC(C)(O)C2C1OC(=O)C(C)=CC. The van der Waals surface area contributed by atoms with E-state index in [9.17, 15) is 19.8 Å². The largest absolute Gasteiger partial charge is 0.478 e. The molecule has 5 nitrogen and oxygen atoms in total. The van der Waals surface area contributed by atoms with Crippen molar-refractivity contribution in [3.05, 3.63) is 23.8 Å². The minimum absolute atomic E-state index is 0.0550. The highest BCUT2D eigenvalue weighted by Crippen LogP contribution is 2.57. The smallest absolute Gasteiger partial charge is 0.333 e. The van der Waals surface area contributed by atoms with Crippen LogP contribution in [0.5, 0.6) is 0 Å². The molecule has 0 saturated heterocycles. The number of aliphatic carboxylic acids is 1. The van der Waals surface area contributed by atoms with Gasteiger partial charge in [-0.1, -0.05) is 26.0 Å². The lowest BCUT2D eigenvalue weighted by molar-refractivity contribution is -0.196. The molecule has 2 aliphatic carbocycles. The second kappa shape index (κ2) is 6.94. The molecule has 2 fully saturated rings. The van der Waals surface area contributed by atoms with E-state index < -0.39 is 29.6 Å². The number of ether oxygens (including phenoxy) is 1. The molecule has 2 saturated carbocycles. The fourth-order valence-electron chi connectivity index (χ4n) is 4.84. The molecule has 0 aromatic carbocycles. The van der Waals surface area contributed by atoms with Gasteiger partial charge >= 0.3 is 11.9 Å². The topological polar surface area (TPSA) is 83.8 Å². The van der Waals surface area contributed by atoms with Crippen LogP contribution < -0.4 is 0 Å². The number of allylic oxidation sites excluding steroid dienone is 1. The Morgan fingerprint density at radius 1 is 1.24 bits per heavy atom. The van der Waals surface area contributed by atoms with Gasteiger partial charge in [0, 0.05) is 23.0 Å². The molecule has 2 rings (SSSR count). The summed E-state index contributed by atoms with van der Waals surface area (Å²) in [6.45, 7) is 11.0. The summed E-state index contributed by atoms with van der Waals surface area (Å²) in [7, 11) is 0. The van der Waals surface area contributed by atoms with Crippen molar-refractivity contribution in [2.45, 2.75) is 71.5 Å². The Kier molecular flexibility index (Phi) is 5.47. The van der Waals surface area contributed by atoms with Gasteiger partial charge in [0.05, 0.1) is 5.60 Å². The van der Waals surface area contributed by atoms with Gasteiger partial charge in [0.25, 0.3) is 0 Å². The predicted molar refractivity (Wildman–Crippen MR) is 94.9 cm³/mol. The molecule has 0 amide bonds. The first kappa shape index (κ1) is 19.7. The minimum atomic E-state index is -1.08. The van der Waals surface area contributed by atoms with Crippen LogP contribution in [0.4, 0.5) is 0 Å². The van der Waals surface area contributed by atoms with Crippen molar-refractivity contribution in [2.24, 2.45) is 17.3 Å². The summed E-state index contributed by atoms with van der Waals surface area (Å²) in [5.41, 5.74) is -0.646. The zero-order valence-corrected chi connectivity index (χ0v) is 15.7. The highest BCUT2D eigenvalue weighted by molar-refractivity contribution is 5.88. The molecular formula is C20H30O5. The summed E-state index contributed by atoms with van der Waals surface area (Å²) in [6.07, 6.45) is 4.86. The summed E-state index contributed by atoms with van der Waals surface area (Å²) < 4.78 is 5.81. The third-order valence-electron chi connectivity index (χ3n) is 6.32. The molecule has 2 aliphatic rings. The van der Waals surface area contributed by atoms with Crippen LogP contribution in [0.25, 0.3) is 0 Å². The van der Waals surface area contributed by atoms with Gasteiger partial charge in [-0.15, -0.1) is 0 Å². The Hall–Kier alpha value is -1.62. The van der Waals surface area contributed by atoms with Crippen molar-refractivity contribution < 1.29 is 24.5 Å². The van der Waals surface area contributed by atoms with Gasteiger partial charge in [0.15, 0.2) is 0 Å². The van der Waals surface area contributed by atoms with E-state index in [4.69, 9.17) is 4.74 Å². The number of hydrogen-bond donors (Lipinski definition) is 2. The van der Waals surface area contributed by atoms with E-state index in [1.54, 1.807) is 26.8 Å². The summed E-state index contributed by atoms with van der Waals surface area (Å²) in [5, 5.41) is 20.5. The average molecular weight is 350 g/mol. The number of fused-ring (bicyclic) bond motifs is 1. The van der Waals surface area contributed by atoms with Crippen LogP contribution in [0, 0.1) is 17.3 Å². The number of carboxylic acids is 1. The Balaban J connectivity index is 2.45. The van der Waals surface area contributed by atoms with E-state index in [-0.39, 0.29) is 16.9 Å². The van der Waals surface area contributed by atoms with E-state index in [1.807, 2.05) is 0 Å². The van der Waals surface area contributed by atoms with Crippen LogP contribution in [-0.2, 0) is 14.3 Å². The lowest BCUT2D eigenvalue weighted by atomic mass is 9.51. The normalized spacial score (nSPS) is 38.6. The predicted octanol–water partition coefficient (Wildman–Crippen LogP) is 3.47.